The van der Waals surface area contributed by atoms with E-state index in [-0.39, 0.29) is 5.91 Å². The lowest BCUT2D eigenvalue weighted by atomic mass is 9.93. The highest BCUT2D eigenvalue weighted by atomic mass is 16.5. The topological polar surface area (TPSA) is 71.3 Å². The molecule has 0 aliphatic carbocycles. The van der Waals surface area contributed by atoms with E-state index in [4.69, 9.17) is 4.52 Å². The van der Waals surface area contributed by atoms with Crippen LogP contribution in [0.3, 0.4) is 0 Å². The summed E-state index contributed by atoms with van der Waals surface area (Å²) < 4.78 is 5.30. The molecule has 1 fully saturated rings. The zero-order valence-electron chi connectivity index (χ0n) is 13.4. The second-order valence-electron chi connectivity index (χ2n) is 5.94. The lowest BCUT2D eigenvalue weighted by Gasteiger charge is -2.31. The molecule has 1 N–H and O–H groups in total. The molecule has 3 rings (SSSR count). The van der Waals surface area contributed by atoms with Crippen LogP contribution in [0.15, 0.2) is 35.1 Å². The van der Waals surface area contributed by atoms with Gasteiger partial charge in [-0.3, -0.25) is 9.78 Å². The van der Waals surface area contributed by atoms with Crippen LogP contribution in [0.5, 0.6) is 0 Å². The van der Waals surface area contributed by atoms with E-state index >= 15 is 0 Å². The van der Waals surface area contributed by atoms with Crippen molar-refractivity contribution in [3.63, 3.8) is 0 Å². The van der Waals surface area contributed by atoms with Crippen molar-refractivity contribution in [1.82, 2.24) is 20.4 Å². The van der Waals surface area contributed by atoms with Gasteiger partial charge in [-0.1, -0.05) is 5.16 Å². The number of hydrogen-bond acceptors (Lipinski definition) is 5. The minimum absolute atomic E-state index is 0.0406. The molecule has 2 aromatic rings. The van der Waals surface area contributed by atoms with Gasteiger partial charge in [-0.25, -0.2) is 0 Å². The van der Waals surface area contributed by atoms with Crippen molar-refractivity contribution in [3.05, 3.63) is 36.3 Å². The molecule has 6 nitrogen and oxygen atoms in total. The van der Waals surface area contributed by atoms with Crippen LogP contribution in [0.4, 0.5) is 0 Å². The van der Waals surface area contributed by atoms with E-state index in [1.165, 1.54) is 6.42 Å². The van der Waals surface area contributed by atoms with Crippen LogP contribution in [-0.4, -0.2) is 47.6 Å². The van der Waals surface area contributed by atoms with Gasteiger partial charge in [-0.2, -0.15) is 0 Å². The zero-order chi connectivity index (χ0) is 16.1. The van der Waals surface area contributed by atoms with E-state index in [0.29, 0.717) is 17.4 Å². The Kier molecular flexibility index (Phi) is 5.02. The van der Waals surface area contributed by atoms with Gasteiger partial charge in [0.15, 0.2) is 11.5 Å². The first-order valence-corrected chi connectivity index (χ1v) is 8.09. The third-order valence-corrected chi connectivity index (χ3v) is 4.40. The SMILES string of the molecule is CNCCC1CCN(C(=O)c2cc(-c3ccncc3)on2)CC1. The summed E-state index contributed by atoms with van der Waals surface area (Å²) in [6.45, 7) is 2.63. The summed E-state index contributed by atoms with van der Waals surface area (Å²) in [6.07, 6.45) is 6.67. The number of nitrogens with one attached hydrogen (secondary N) is 1. The molecule has 122 valence electrons. The van der Waals surface area contributed by atoms with E-state index in [9.17, 15) is 4.79 Å². The Morgan fingerprint density at radius 2 is 2.09 bits per heavy atom. The number of amides is 1. The fourth-order valence-corrected chi connectivity index (χ4v) is 2.96. The second kappa shape index (κ2) is 7.37. The quantitative estimate of drug-likeness (QED) is 0.916. The van der Waals surface area contributed by atoms with Crippen LogP contribution in [0.25, 0.3) is 11.3 Å². The highest BCUT2D eigenvalue weighted by molar-refractivity contribution is 5.93. The molecule has 3 heterocycles. The molecule has 0 unspecified atom stereocenters. The van der Waals surface area contributed by atoms with Gasteiger partial charge in [0.25, 0.3) is 5.91 Å². The Morgan fingerprint density at radius 1 is 1.35 bits per heavy atom. The van der Waals surface area contributed by atoms with Gasteiger partial charge in [0.1, 0.15) is 0 Å². The Balaban J connectivity index is 1.60. The summed E-state index contributed by atoms with van der Waals surface area (Å²) in [5.74, 6) is 1.26. The Labute approximate surface area is 135 Å². The Bertz CT molecular complexity index is 633. The minimum Gasteiger partial charge on any atom is -0.355 e. The van der Waals surface area contributed by atoms with Crippen LogP contribution in [-0.2, 0) is 0 Å². The smallest absolute Gasteiger partial charge is 0.276 e. The summed E-state index contributed by atoms with van der Waals surface area (Å²) in [5.41, 5.74) is 1.25. The molecule has 0 radical (unpaired) electrons. The molecule has 0 spiro atoms. The van der Waals surface area contributed by atoms with E-state index in [1.54, 1.807) is 18.5 Å². The van der Waals surface area contributed by atoms with Crippen molar-refractivity contribution in [2.75, 3.05) is 26.7 Å². The average Bonchev–Trinajstić information content (AvgIpc) is 3.11. The van der Waals surface area contributed by atoms with Crippen molar-refractivity contribution in [1.29, 1.82) is 0 Å². The lowest BCUT2D eigenvalue weighted by molar-refractivity contribution is 0.0677. The summed E-state index contributed by atoms with van der Waals surface area (Å²) in [5, 5.41) is 7.13. The van der Waals surface area contributed by atoms with Crippen LogP contribution >= 0.6 is 0 Å². The third-order valence-electron chi connectivity index (χ3n) is 4.40. The number of carbonyl (C=O) groups excluding carboxylic acids is 1. The molecule has 0 atom stereocenters. The van der Waals surface area contributed by atoms with Gasteiger partial charge in [-0.05, 0) is 50.9 Å². The molecule has 1 amide bonds. The van der Waals surface area contributed by atoms with Crippen molar-refractivity contribution in [2.24, 2.45) is 5.92 Å². The second-order valence-corrected chi connectivity index (χ2v) is 5.94. The predicted molar refractivity (Wildman–Crippen MR) is 86.9 cm³/mol. The summed E-state index contributed by atoms with van der Waals surface area (Å²) in [4.78, 5) is 18.4. The molecule has 1 saturated heterocycles. The van der Waals surface area contributed by atoms with Crippen LogP contribution in [0.1, 0.15) is 29.8 Å². The Morgan fingerprint density at radius 3 is 2.78 bits per heavy atom. The first-order valence-electron chi connectivity index (χ1n) is 8.09. The molecule has 2 aromatic heterocycles. The first-order chi connectivity index (χ1) is 11.3. The van der Waals surface area contributed by atoms with Gasteiger partial charge >= 0.3 is 0 Å². The maximum Gasteiger partial charge on any atom is 0.276 e. The molecular formula is C17H22N4O2. The number of nitrogens with zero attached hydrogens (tertiary/aromatic N) is 3. The molecule has 1 aliphatic rings. The number of pyridine rings is 1. The lowest BCUT2D eigenvalue weighted by Crippen LogP contribution is -2.39. The van der Waals surface area contributed by atoms with Gasteiger partial charge < -0.3 is 14.7 Å². The largest absolute Gasteiger partial charge is 0.355 e. The summed E-state index contributed by atoms with van der Waals surface area (Å²) in [6, 6.07) is 5.38. The zero-order valence-corrected chi connectivity index (χ0v) is 13.4. The van der Waals surface area contributed by atoms with Crippen molar-refractivity contribution in [2.45, 2.75) is 19.3 Å². The molecule has 6 heteroatoms. The molecule has 0 aromatic carbocycles. The van der Waals surface area contributed by atoms with Gasteiger partial charge in [-0.15, -0.1) is 0 Å². The van der Waals surface area contributed by atoms with Crippen molar-refractivity contribution < 1.29 is 9.32 Å². The minimum atomic E-state index is -0.0406. The van der Waals surface area contributed by atoms with E-state index in [1.807, 2.05) is 24.1 Å². The first kappa shape index (κ1) is 15.7. The fourth-order valence-electron chi connectivity index (χ4n) is 2.96. The third kappa shape index (κ3) is 3.76. The highest BCUT2D eigenvalue weighted by Crippen LogP contribution is 2.23. The van der Waals surface area contributed by atoms with Crippen LogP contribution in [0.2, 0.25) is 0 Å². The van der Waals surface area contributed by atoms with Crippen LogP contribution in [0, 0.1) is 5.92 Å². The van der Waals surface area contributed by atoms with Crippen LogP contribution < -0.4 is 5.32 Å². The number of rotatable bonds is 5. The number of likely N-dealkylation sites (tertiary alicyclic amines) is 1. The molecule has 23 heavy (non-hydrogen) atoms. The number of hydrogen-bond donors (Lipinski definition) is 1. The summed E-state index contributed by atoms with van der Waals surface area (Å²) >= 11 is 0. The van der Waals surface area contributed by atoms with E-state index < -0.39 is 0 Å². The number of piperidine rings is 1. The standard InChI is InChI=1S/C17H22N4O2/c1-18-7-2-13-5-10-21(11-6-13)17(22)15-12-16(23-20-15)14-3-8-19-9-4-14/h3-4,8-9,12-13,18H,2,5-7,10-11H2,1H3. The van der Waals surface area contributed by atoms with Gasteiger partial charge in [0.05, 0.1) is 0 Å². The maximum absolute atomic E-state index is 12.5. The Hall–Kier alpha value is -2.21. The fraction of sp³-hybridized carbons (Fsp3) is 0.471. The molecule has 1 aliphatic heterocycles. The number of aromatic nitrogens is 2. The summed E-state index contributed by atoms with van der Waals surface area (Å²) in [7, 11) is 1.98. The number of carbonyl (C=O) groups is 1. The maximum atomic E-state index is 12.5. The molecular weight excluding hydrogens is 292 g/mol. The van der Waals surface area contributed by atoms with Crippen molar-refractivity contribution >= 4 is 5.91 Å². The highest BCUT2D eigenvalue weighted by Gasteiger charge is 2.25. The average molecular weight is 314 g/mol. The predicted octanol–water partition coefficient (Wildman–Crippen LogP) is 2.20. The van der Waals surface area contributed by atoms with Crippen molar-refractivity contribution in [3.8, 4) is 11.3 Å². The normalized spacial score (nSPS) is 15.8. The van der Waals surface area contributed by atoms with Gasteiger partial charge in [0, 0.05) is 37.1 Å². The monoisotopic (exact) mass is 314 g/mol. The van der Waals surface area contributed by atoms with E-state index in [0.717, 1.165) is 38.0 Å². The van der Waals surface area contributed by atoms with E-state index in [2.05, 4.69) is 15.5 Å². The molecule has 0 saturated carbocycles. The van der Waals surface area contributed by atoms with Gasteiger partial charge in [0.2, 0.25) is 0 Å². The molecule has 0 bridgehead atoms.